The summed E-state index contributed by atoms with van der Waals surface area (Å²) in [6.07, 6.45) is 0.981. The first-order valence-corrected chi connectivity index (χ1v) is 7.93. The predicted octanol–water partition coefficient (Wildman–Crippen LogP) is 2.54. The Balaban J connectivity index is 1.94. The quantitative estimate of drug-likeness (QED) is 0.782. The van der Waals surface area contributed by atoms with E-state index < -0.39 is 23.9 Å². The summed E-state index contributed by atoms with van der Waals surface area (Å²) in [6, 6.07) is 7.29. The fourth-order valence-corrected chi connectivity index (χ4v) is 2.41. The van der Waals surface area contributed by atoms with Crippen molar-refractivity contribution < 1.29 is 19.7 Å². The second kappa shape index (κ2) is 7.59. The lowest BCUT2D eigenvalue weighted by Crippen LogP contribution is -2.34. The fourth-order valence-electron chi connectivity index (χ4n) is 2.41. The van der Waals surface area contributed by atoms with Crippen molar-refractivity contribution in [1.29, 1.82) is 0 Å². The number of fused-ring (bicyclic) bond motifs is 1. The molecule has 6 heteroatoms. The number of ether oxygens (including phenoxy) is 1. The predicted molar refractivity (Wildman–Crippen MR) is 91.6 cm³/mol. The van der Waals surface area contributed by atoms with Gasteiger partial charge in [0.2, 0.25) is 0 Å². The molecule has 2 rings (SSSR count). The van der Waals surface area contributed by atoms with Crippen LogP contribution in [0.3, 0.4) is 0 Å². The average Bonchev–Trinajstić information content (AvgIpc) is 2.51. The van der Waals surface area contributed by atoms with Crippen molar-refractivity contribution >= 4 is 16.9 Å². The van der Waals surface area contributed by atoms with Gasteiger partial charge in [-0.15, -0.1) is 0 Å². The molecule has 130 valence electrons. The van der Waals surface area contributed by atoms with Crippen LogP contribution in [0.4, 0.5) is 4.79 Å². The number of hydrogen-bond donors (Lipinski definition) is 3. The highest BCUT2D eigenvalue weighted by molar-refractivity contribution is 5.85. The number of aliphatic hydroxyl groups excluding tert-OH is 2. The van der Waals surface area contributed by atoms with Gasteiger partial charge in [0.1, 0.15) is 11.7 Å². The maximum Gasteiger partial charge on any atom is 0.407 e. The van der Waals surface area contributed by atoms with Crippen molar-refractivity contribution in [3.63, 3.8) is 0 Å². The van der Waals surface area contributed by atoms with Crippen LogP contribution in [0.1, 0.15) is 38.9 Å². The van der Waals surface area contributed by atoms with Crippen LogP contribution in [0.15, 0.2) is 36.7 Å². The van der Waals surface area contributed by atoms with Gasteiger partial charge in [-0.2, -0.15) is 0 Å². The number of aliphatic hydroxyl groups is 2. The maximum atomic E-state index is 11.6. The third-order valence-electron chi connectivity index (χ3n) is 3.51. The number of nitrogens with zero attached hydrogens (tertiary/aromatic N) is 1. The molecule has 0 spiro atoms. The lowest BCUT2D eigenvalue weighted by Gasteiger charge is -2.22. The van der Waals surface area contributed by atoms with E-state index >= 15 is 0 Å². The molecule has 0 bridgehead atoms. The molecule has 2 unspecified atom stereocenters. The molecule has 1 amide bonds. The molecule has 0 saturated carbocycles. The Morgan fingerprint density at radius 1 is 1.29 bits per heavy atom. The summed E-state index contributed by atoms with van der Waals surface area (Å²) >= 11 is 0. The van der Waals surface area contributed by atoms with Gasteiger partial charge in [-0.1, -0.05) is 18.2 Å². The normalized spacial score (nSPS) is 14.2. The molecule has 24 heavy (non-hydrogen) atoms. The first-order chi connectivity index (χ1) is 11.3. The number of carbonyl (C=O) groups excluding carboxylic acids is 1. The van der Waals surface area contributed by atoms with Gasteiger partial charge < -0.3 is 20.3 Å². The summed E-state index contributed by atoms with van der Waals surface area (Å²) in [7, 11) is 0. The van der Waals surface area contributed by atoms with Crippen molar-refractivity contribution in [2.75, 3.05) is 6.54 Å². The summed E-state index contributed by atoms with van der Waals surface area (Å²) in [5.74, 6) is 0. The summed E-state index contributed by atoms with van der Waals surface area (Å²) < 4.78 is 5.12. The molecule has 6 nitrogen and oxygen atoms in total. The van der Waals surface area contributed by atoms with Gasteiger partial charge in [0, 0.05) is 24.3 Å². The van der Waals surface area contributed by atoms with Crippen LogP contribution in [-0.2, 0) is 4.74 Å². The molecule has 3 N–H and O–H groups in total. The third-order valence-corrected chi connectivity index (χ3v) is 3.51. The van der Waals surface area contributed by atoms with Crippen molar-refractivity contribution in [3.05, 3.63) is 42.2 Å². The van der Waals surface area contributed by atoms with Crippen LogP contribution >= 0.6 is 0 Å². The Hall–Kier alpha value is -2.18. The number of aromatic nitrogens is 1. The van der Waals surface area contributed by atoms with Crippen molar-refractivity contribution in [2.24, 2.45) is 0 Å². The second-order valence-electron chi connectivity index (χ2n) is 6.67. The van der Waals surface area contributed by atoms with E-state index in [1.807, 2.05) is 12.1 Å². The van der Waals surface area contributed by atoms with Crippen LogP contribution < -0.4 is 5.32 Å². The number of hydrogen-bond acceptors (Lipinski definition) is 5. The molecule has 1 aromatic carbocycles. The summed E-state index contributed by atoms with van der Waals surface area (Å²) in [5.41, 5.74) is 0.0683. The minimum Gasteiger partial charge on any atom is -0.444 e. The number of rotatable bonds is 5. The van der Waals surface area contributed by atoms with E-state index in [2.05, 4.69) is 10.3 Å². The van der Waals surface area contributed by atoms with Crippen LogP contribution in [0.2, 0.25) is 0 Å². The Labute approximate surface area is 141 Å². The number of carbonyl (C=O) groups is 1. The zero-order chi connectivity index (χ0) is 17.7. The molecule has 0 fully saturated rings. The molecule has 0 radical (unpaired) electrons. The van der Waals surface area contributed by atoms with E-state index in [1.54, 1.807) is 45.3 Å². The number of benzene rings is 1. The lowest BCUT2D eigenvalue weighted by molar-refractivity contribution is 0.0131. The van der Waals surface area contributed by atoms with E-state index in [0.29, 0.717) is 5.56 Å². The van der Waals surface area contributed by atoms with Crippen molar-refractivity contribution in [1.82, 2.24) is 10.3 Å². The molecule has 0 aliphatic heterocycles. The highest BCUT2D eigenvalue weighted by Gasteiger charge is 2.21. The standard InChI is InChI=1S/C18H24N2O4/c1-18(2,3)24-17(23)20-10-8-15(21)16(22)14-6-4-5-12-11-19-9-7-13(12)14/h4-7,9,11,15-16,21-22H,8,10H2,1-3H3,(H,20,23). The average molecular weight is 332 g/mol. The van der Waals surface area contributed by atoms with Gasteiger partial charge in [0.05, 0.1) is 6.10 Å². The van der Waals surface area contributed by atoms with Gasteiger partial charge in [-0.05, 0) is 44.2 Å². The van der Waals surface area contributed by atoms with Crippen LogP contribution in [0, 0.1) is 0 Å². The maximum absolute atomic E-state index is 11.6. The van der Waals surface area contributed by atoms with Crippen LogP contribution in [0.25, 0.3) is 10.8 Å². The summed E-state index contributed by atoms with van der Waals surface area (Å²) in [5, 5.41) is 25.0. The van der Waals surface area contributed by atoms with E-state index in [1.165, 1.54) is 0 Å². The van der Waals surface area contributed by atoms with Crippen LogP contribution in [-0.4, -0.2) is 39.5 Å². The van der Waals surface area contributed by atoms with E-state index in [9.17, 15) is 15.0 Å². The largest absolute Gasteiger partial charge is 0.444 e. The minimum absolute atomic E-state index is 0.208. The molecule has 1 heterocycles. The fraction of sp³-hybridized carbons (Fsp3) is 0.444. The van der Waals surface area contributed by atoms with Crippen molar-refractivity contribution in [2.45, 2.75) is 45.0 Å². The van der Waals surface area contributed by atoms with Gasteiger partial charge in [-0.25, -0.2) is 4.79 Å². The highest BCUT2D eigenvalue weighted by Crippen LogP contribution is 2.26. The number of nitrogens with one attached hydrogen (secondary N) is 1. The Kier molecular flexibility index (Phi) is 5.75. The Morgan fingerprint density at radius 2 is 2.04 bits per heavy atom. The van der Waals surface area contributed by atoms with Gasteiger partial charge >= 0.3 is 6.09 Å². The smallest absolute Gasteiger partial charge is 0.407 e. The topological polar surface area (TPSA) is 91.7 Å². The van der Waals surface area contributed by atoms with E-state index in [-0.39, 0.29) is 13.0 Å². The van der Waals surface area contributed by atoms with Gasteiger partial charge in [-0.3, -0.25) is 4.98 Å². The van der Waals surface area contributed by atoms with E-state index in [0.717, 1.165) is 10.8 Å². The van der Waals surface area contributed by atoms with Gasteiger partial charge in [0.15, 0.2) is 0 Å². The van der Waals surface area contributed by atoms with Gasteiger partial charge in [0.25, 0.3) is 0 Å². The molecule has 2 aromatic rings. The third kappa shape index (κ3) is 4.91. The van der Waals surface area contributed by atoms with Crippen LogP contribution in [0.5, 0.6) is 0 Å². The lowest BCUT2D eigenvalue weighted by atomic mass is 9.97. The number of pyridine rings is 1. The summed E-state index contributed by atoms with van der Waals surface area (Å²) in [4.78, 5) is 15.6. The minimum atomic E-state index is -1.04. The van der Waals surface area contributed by atoms with E-state index in [4.69, 9.17) is 4.74 Å². The molecule has 1 aromatic heterocycles. The first-order valence-electron chi connectivity index (χ1n) is 7.93. The Morgan fingerprint density at radius 3 is 2.75 bits per heavy atom. The second-order valence-corrected chi connectivity index (χ2v) is 6.67. The first kappa shape index (κ1) is 18.2. The molecule has 2 atom stereocenters. The Bertz CT molecular complexity index is 691. The number of alkyl carbamates (subject to hydrolysis) is 1. The highest BCUT2D eigenvalue weighted by atomic mass is 16.6. The number of amides is 1. The monoisotopic (exact) mass is 332 g/mol. The SMILES string of the molecule is CC(C)(C)OC(=O)NCCC(O)C(O)c1cccc2cnccc12. The molecule has 0 saturated heterocycles. The molecular weight excluding hydrogens is 308 g/mol. The molecule has 0 aliphatic rings. The zero-order valence-corrected chi connectivity index (χ0v) is 14.2. The van der Waals surface area contributed by atoms with Crippen molar-refractivity contribution in [3.8, 4) is 0 Å². The zero-order valence-electron chi connectivity index (χ0n) is 14.2. The summed E-state index contributed by atoms with van der Waals surface area (Å²) in [6.45, 7) is 5.54. The molecule has 0 aliphatic carbocycles. The molecular formula is C18H24N2O4.